The molecule has 0 radical (unpaired) electrons. The Morgan fingerprint density at radius 2 is 1.89 bits per heavy atom. The van der Waals surface area contributed by atoms with Crippen molar-refractivity contribution in [3.05, 3.63) is 64.5 Å². The van der Waals surface area contributed by atoms with Gasteiger partial charge in [-0.2, -0.15) is 0 Å². The van der Waals surface area contributed by atoms with Crippen LogP contribution in [0.5, 0.6) is 0 Å². The number of nitrogens with zero attached hydrogens (tertiary/aromatic N) is 1. The number of anilines is 1. The molecular weight excluding hydrogens is 382 g/mol. The summed E-state index contributed by atoms with van der Waals surface area (Å²) in [6, 6.07) is 11.4. The number of carbonyl (C=O) groups is 1. The van der Waals surface area contributed by atoms with E-state index in [9.17, 15) is 13.6 Å². The fraction of sp³-hybridized carbons (Fsp3) is 0.286. The topological polar surface area (TPSA) is 41.6 Å². The Morgan fingerprint density at radius 1 is 1.14 bits per heavy atom. The van der Waals surface area contributed by atoms with Crippen LogP contribution < -0.4 is 10.2 Å². The van der Waals surface area contributed by atoms with Crippen LogP contribution >= 0.6 is 11.3 Å². The Balaban J connectivity index is 1.63. The molecule has 0 aliphatic carbocycles. The molecule has 0 bridgehead atoms. The summed E-state index contributed by atoms with van der Waals surface area (Å²) in [7, 11) is 3.33. The summed E-state index contributed by atoms with van der Waals surface area (Å²) in [5.74, 6) is -0.877. The average Bonchev–Trinajstić information content (AvgIpc) is 3.05. The third-order valence-corrected chi connectivity index (χ3v) is 5.67. The second-order valence-corrected chi connectivity index (χ2v) is 7.49. The van der Waals surface area contributed by atoms with Crippen LogP contribution in [0.15, 0.2) is 42.5 Å². The van der Waals surface area contributed by atoms with Gasteiger partial charge in [0.15, 0.2) is 0 Å². The first-order valence-electron chi connectivity index (χ1n) is 8.95. The molecule has 3 aromatic rings. The Bertz CT molecular complexity index is 974. The predicted molar refractivity (Wildman–Crippen MR) is 109 cm³/mol. The lowest BCUT2D eigenvalue weighted by molar-refractivity contribution is 0.0953. The number of nitrogens with one attached hydrogen (secondary N) is 1. The maximum atomic E-state index is 14.2. The van der Waals surface area contributed by atoms with Crippen molar-refractivity contribution in [2.75, 3.05) is 32.1 Å². The number of carbonyl (C=O) groups excluding carboxylic acids is 1. The van der Waals surface area contributed by atoms with E-state index in [0.717, 1.165) is 4.70 Å². The molecule has 1 N–H and O–H groups in total. The molecular formula is C21H22F2N2O2S. The second kappa shape index (κ2) is 9.12. The number of hydrogen-bond acceptors (Lipinski definition) is 4. The summed E-state index contributed by atoms with van der Waals surface area (Å²) in [4.78, 5) is 14.9. The number of methoxy groups -OCH3 is 1. The number of amides is 1. The quantitative estimate of drug-likeness (QED) is 0.559. The fourth-order valence-corrected chi connectivity index (χ4v) is 4.25. The molecule has 0 spiro atoms. The SMILES string of the molecule is COCc1c(C(=O)NCCCN(C)c2ccccc2F)sc2cccc(F)c12. The van der Waals surface area contributed by atoms with E-state index in [-0.39, 0.29) is 24.1 Å². The third-order valence-electron chi connectivity index (χ3n) is 4.48. The van der Waals surface area contributed by atoms with Crippen molar-refractivity contribution < 1.29 is 18.3 Å². The van der Waals surface area contributed by atoms with E-state index >= 15 is 0 Å². The molecule has 0 aliphatic rings. The largest absolute Gasteiger partial charge is 0.380 e. The molecule has 0 unspecified atom stereocenters. The lowest BCUT2D eigenvalue weighted by atomic mass is 10.1. The van der Waals surface area contributed by atoms with Gasteiger partial charge < -0.3 is 15.0 Å². The number of rotatable bonds is 8. The lowest BCUT2D eigenvalue weighted by Gasteiger charge is -2.19. The number of halogens is 2. The molecule has 3 rings (SSSR count). The van der Waals surface area contributed by atoms with Crippen LogP contribution in [0.25, 0.3) is 10.1 Å². The van der Waals surface area contributed by atoms with Crippen molar-refractivity contribution in [2.24, 2.45) is 0 Å². The predicted octanol–water partition coefficient (Wildman–Crippen LogP) is 4.58. The zero-order valence-corrected chi connectivity index (χ0v) is 16.6. The molecule has 1 aromatic heterocycles. The average molecular weight is 404 g/mol. The zero-order valence-electron chi connectivity index (χ0n) is 15.8. The van der Waals surface area contributed by atoms with E-state index < -0.39 is 0 Å². The number of para-hydroxylation sites is 1. The highest BCUT2D eigenvalue weighted by Crippen LogP contribution is 2.33. The van der Waals surface area contributed by atoms with E-state index in [1.807, 2.05) is 11.9 Å². The van der Waals surface area contributed by atoms with Gasteiger partial charge in [0.05, 0.1) is 17.2 Å². The molecule has 28 heavy (non-hydrogen) atoms. The highest BCUT2D eigenvalue weighted by Gasteiger charge is 2.20. The van der Waals surface area contributed by atoms with Gasteiger partial charge in [0.25, 0.3) is 5.91 Å². The Labute approximate surface area is 166 Å². The van der Waals surface area contributed by atoms with Gasteiger partial charge in [-0.15, -0.1) is 11.3 Å². The first-order valence-corrected chi connectivity index (χ1v) is 9.77. The van der Waals surface area contributed by atoms with E-state index in [1.165, 1.54) is 30.6 Å². The smallest absolute Gasteiger partial charge is 0.261 e. The van der Waals surface area contributed by atoms with Gasteiger partial charge in [0.2, 0.25) is 0 Å². The fourth-order valence-electron chi connectivity index (χ4n) is 3.11. The molecule has 2 aromatic carbocycles. The number of thiophene rings is 1. The summed E-state index contributed by atoms with van der Waals surface area (Å²) in [5.41, 5.74) is 1.10. The van der Waals surface area contributed by atoms with Gasteiger partial charge in [-0.25, -0.2) is 8.78 Å². The first kappa shape index (κ1) is 20.2. The minimum atomic E-state index is -0.355. The highest BCUT2D eigenvalue weighted by atomic mass is 32.1. The maximum Gasteiger partial charge on any atom is 0.261 e. The number of fused-ring (bicyclic) bond motifs is 1. The number of hydrogen-bond donors (Lipinski definition) is 1. The van der Waals surface area contributed by atoms with Crippen molar-refractivity contribution in [2.45, 2.75) is 13.0 Å². The van der Waals surface area contributed by atoms with E-state index in [2.05, 4.69) is 5.32 Å². The molecule has 4 nitrogen and oxygen atoms in total. The van der Waals surface area contributed by atoms with Crippen LogP contribution in [0.3, 0.4) is 0 Å². The van der Waals surface area contributed by atoms with Gasteiger partial charge in [-0.3, -0.25) is 4.79 Å². The van der Waals surface area contributed by atoms with Gasteiger partial charge in [0.1, 0.15) is 11.6 Å². The van der Waals surface area contributed by atoms with Crippen LogP contribution in [0.2, 0.25) is 0 Å². The maximum absolute atomic E-state index is 14.2. The highest BCUT2D eigenvalue weighted by molar-refractivity contribution is 7.21. The lowest BCUT2D eigenvalue weighted by Crippen LogP contribution is -2.28. The zero-order chi connectivity index (χ0) is 20.1. The normalized spacial score (nSPS) is 11.0. The molecule has 0 atom stereocenters. The van der Waals surface area contributed by atoms with Crippen molar-refractivity contribution in [3.8, 4) is 0 Å². The van der Waals surface area contributed by atoms with Crippen molar-refractivity contribution in [1.29, 1.82) is 0 Å². The Kier molecular flexibility index (Phi) is 6.59. The summed E-state index contributed by atoms with van der Waals surface area (Å²) >= 11 is 1.26. The summed E-state index contributed by atoms with van der Waals surface area (Å²) in [5, 5.41) is 3.32. The van der Waals surface area contributed by atoms with Gasteiger partial charge >= 0.3 is 0 Å². The van der Waals surface area contributed by atoms with E-state index in [0.29, 0.717) is 41.0 Å². The summed E-state index contributed by atoms with van der Waals surface area (Å²) in [6.45, 7) is 1.19. The molecule has 0 fully saturated rings. The first-order chi connectivity index (χ1) is 13.5. The van der Waals surface area contributed by atoms with Gasteiger partial charge in [-0.05, 0) is 30.7 Å². The van der Waals surface area contributed by atoms with Crippen LogP contribution in [0.1, 0.15) is 21.7 Å². The minimum absolute atomic E-state index is 0.166. The number of benzene rings is 2. The molecule has 0 saturated heterocycles. The van der Waals surface area contributed by atoms with Gasteiger partial charge in [-0.1, -0.05) is 18.2 Å². The Hall–Kier alpha value is -2.51. The summed E-state index contributed by atoms with van der Waals surface area (Å²) < 4.78 is 33.9. The summed E-state index contributed by atoms with van der Waals surface area (Å²) in [6.07, 6.45) is 0.648. The molecule has 0 aliphatic heterocycles. The van der Waals surface area contributed by atoms with Crippen LogP contribution in [0.4, 0.5) is 14.5 Å². The van der Waals surface area contributed by atoms with E-state index in [4.69, 9.17) is 4.74 Å². The van der Waals surface area contributed by atoms with Crippen LogP contribution in [-0.2, 0) is 11.3 Å². The molecule has 0 saturated carbocycles. The van der Waals surface area contributed by atoms with Crippen molar-refractivity contribution >= 4 is 33.0 Å². The molecule has 148 valence electrons. The van der Waals surface area contributed by atoms with Crippen LogP contribution in [-0.4, -0.2) is 33.2 Å². The number of ether oxygens (including phenoxy) is 1. The third kappa shape index (κ3) is 4.31. The monoisotopic (exact) mass is 404 g/mol. The van der Waals surface area contributed by atoms with E-state index in [1.54, 1.807) is 30.3 Å². The van der Waals surface area contributed by atoms with Gasteiger partial charge in [0, 0.05) is 42.9 Å². The molecule has 1 heterocycles. The second-order valence-electron chi connectivity index (χ2n) is 6.44. The Morgan fingerprint density at radius 3 is 2.64 bits per heavy atom. The van der Waals surface area contributed by atoms with Crippen molar-refractivity contribution in [3.63, 3.8) is 0 Å². The van der Waals surface area contributed by atoms with Crippen molar-refractivity contribution in [1.82, 2.24) is 5.32 Å². The van der Waals surface area contributed by atoms with Crippen LogP contribution in [0, 0.1) is 11.6 Å². The molecule has 7 heteroatoms. The molecule has 1 amide bonds. The minimum Gasteiger partial charge on any atom is -0.380 e. The standard InChI is InChI=1S/C21H22F2N2O2S/c1-25(17-9-4-3-7-15(17)22)12-6-11-24-21(26)20-14(13-27-2)19-16(23)8-5-10-18(19)28-20/h3-5,7-10H,6,11-13H2,1-2H3,(H,24,26).